The zero-order valence-electron chi connectivity index (χ0n) is 11.1. The van der Waals surface area contributed by atoms with Crippen LogP contribution in [0.25, 0.3) is 0 Å². The standard InChI is InChI=1S/C13H17N3O4/c1-2-16(8-10(14)17)13(20)15-11(12(18)19)9-6-4-3-5-7-9/h3-7,11H,2,8H2,1H3,(H2,14,17)(H,15,20)(H,18,19)/t11-/m0/s1. The Hall–Kier alpha value is -2.57. The van der Waals surface area contributed by atoms with E-state index < -0.39 is 23.9 Å². The van der Waals surface area contributed by atoms with E-state index in [2.05, 4.69) is 5.32 Å². The van der Waals surface area contributed by atoms with Gasteiger partial charge in [0.1, 0.15) is 6.54 Å². The smallest absolute Gasteiger partial charge is 0.330 e. The van der Waals surface area contributed by atoms with Crippen LogP contribution in [0.2, 0.25) is 0 Å². The van der Waals surface area contributed by atoms with Gasteiger partial charge in [0.15, 0.2) is 6.04 Å². The molecule has 0 fully saturated rings. The van der Waals surface area contributed by atoms with Crippen LogP contribution in [0.1, 0.15) is 18.5 Å². The van der Waals surface area contributed by atoms with Crippen molar-refractivity contribution in [1.29, 1.82) is 0 Å². The van der Waals surface area contributed by atoms with Crippen LogP contribution >= 0.6 is 0 Å². The Bertz CT molecular complexity index is 490. The molecule has 1 aromatic rings. The molecular weight excluding hydrogens is 262 g/mol. The molecule has 0 aromatic heterocycles. The fraction of sp³-hybridized carbons (Fsp3) is 0.308. The van der Waals surface area contributed by atoms with Crippen LogP contribution in [-0.4, -0.2) is 41.0 Å². The minimum Gasteiger partial charge on any atom is -0.479 e. The zero-order chi connectivity index (χ0) is 15.1. The monoisotopic (exact) mass is 279 g/mol. The van der Waals surface area contributed by atoms with Crippen LogP contribution in [-0.2, 0) is 9.59 Å². The molecule has 0 aliphatic carbocycles. The molecular formula is C13H17N3O4. The number of likely N-dealkylation sites (N-methyl/N-ethyl adjacent to an activating group) is 1. The molecule has 0 radical (unpaired) electrons. The topological polar surface area (TPSA) is 113 Å². The number of carboxylic acids is 1. The second-order valence-electron chi connectivity index (χ2n) is 4.11. The average molecular weight is 279 g/mol. The molecule has 1 aromatic carbocycles. The van der Waals surface area contributed by atoms with E-state index >= 15 is 0 Å². The summed E-state index contributed by atoms with van der Waals surface area (Å²) in [6.07, 6.45) is 0. The molecule has 0 saturated heterocycles. The first-order valence-electron chi connectivity index (χ1n) is 6.07. The van der Waals surface area contributed by atoms with E-state index in [1.165, 1.54) is 0 Å². The van der Waals surface area contributed by atoms with Gasteiger partial charge in [0.2, 0.25) is 5.91 Å². The first-order chi connectivity index (χ1) is 9.45. The summed E-state index contributed by atoms with van der Waals surface area (Å²) in [6.45, 7) is 1.65. The van der Waals surface area contributed by atoms with Crippen LogP contribution < -0.4 is 11.1 Å². The Morgan fingerprint density at radius 2 is 1.90 bits per heavy atom. The molecule has 0 unspecified atom stereocenters. The van der Waals surface area contributed by atoms with Crippen molar-refractivity contribution in [2.45, 2.75) is 13.0 Å². The lowest BCUT2D eigenvalue weighted by Gasteiger charge is -2.22. The Morgan fingerprint density at radius 3 is 2.35 bits per heavy atom. The molecule has 3 amide bonds. The number of primary amides is 1. The molecule has 0 spiro atoms. The fourth-order valence-electron chi connectivity index (χ4n) is 1.66. The minimum absolute atomic E-state index is 0.246. The maximum absolute atomic E-state index is 11.9. The average Bonchev–Trinajstić information content (AvgIpc) is 2.42. The summed E-state index contributed by atoms with van der Waals surface area (Å²) in [7, 11) is 0. The number of hydrogen-bond donors (Lipinski definition) is 3. The zero-order valence-corrected chi connectivity index (χ0v) is 11.1. The van der Waals surface area contributed by atoms with E-state index in [1.807, 2.05) is 0 Å². The van der Waals surface area contributed by atoms with Gasteiger partial charge in [-0.2, -0.15) is 0 Å². The predicted molar refractivity (Wildman–Crippen MR) is 71.8 cm³/mol. The highest BCUT2D eigenvalue weighted by Gasteiger charge is 2.24. The van der Waals surface area contributed by atoms with Crippen molar-refractivity contribution >= 4 is 17.9 Å². The predicted octanol–water partition coefficient (Wildman–Crippen LogP) is 0.329. The molecule has 0 aliphatic rings. The lowest BCUT2D eigenvalue weighted by Crippen LogP contribution is -2.46. The third-order valence-electron chi connectivity index (χ3n) is 2.66. The van der Waals surface area contributed by atoms with E-state index in [9.17, 15) is 19.5 Å². The normalized spacial score (nSPS) is 11.4. The van der Waals surface area contributed by atoms with Gasteiger partial charge in [0.25, 0.3) is 0 Å². The Kier molecular flexibility index (Phi) is 5.52. The van der Waals surface area contributed by atoms with Crippen LogP contribution in [0.5, 0.6) is 0 Å². The number of urea groups is 1. The third-order valence-corrected chi connectivity index (χ3v) is 2.66. The van der Waals surface area contributed by atoms with Crippen LogP contribution in [0.3, 0.4) is 0 Å². The summed E-state index contributed by atoms with van der Waals surface area (Å²) in [4.78, 5) is 35.2. The van der Waals surface area contributed by atoms with Gasteiger partial charge >= 0.3 is 12.0 Å². The second kappa shape index (κ2) is 7.13. The number of rotatable bonds is 6. The Morgan fingerprint density at radius 1 is 1.30 bits per heavy atom. The number of nitrogens with one attached hydrogen (secondary N) is 1. The molecule has 4 N–H and O–H groups in total. The fourth-order valence-corrected chi connectivity index (χ4v) is 1.66. The summed E-state index contributed by atoms with van der Waals surface area (Å²) in [5.74, 6) is -1.84. The van der Waals surface area contributed by atoms with Gasteiger partial charge in [0, 0.05) is 6.54 Å². The van der Waals surface area contributed by atoms with Gasteiger partial charge < -0.3 is 21.1 Å². The van der Waals surface area contributed by atoms with Crippen molar-refractivity contribution in [3.05, 3.63) is 35.9 Å². The number of amides is 3. The van der Waals surface area contributed by atoms with E-state index in [-0.39, 0.29) is 13.1 Å². The molecule has 108 valence electrons. The number of carbonyl (C=O) groups excluding carboxylic acids is 2. The summed E-state index contributed by atoms with van der Waals surface area (Å²) in [5.41, 5.74) is 5.48. The second-order valence-corrected chi connectivity index (χ2v) is 4.11. The van der Waals surface area contributed by atoms with E-state index in [0.29, 0.717) is 5.56 Å². The van der Waals surface area contributed by atoms with Gasteiger partial charge in [-0.25, -0.2) is 9.59 Å². The number of carbonyl (C=O) groups is 3. The van der Waals surface area contributed by atoms with Crippen molar-refractivity contribution in [2.24, 2.45) is 5.73 Å². The van der Waals surface area contributed by atoms with Crippen molar-refractivity contribution in [3.63, 3.8) is 0 Å². The SMILES string of the molecule is CCN(CC(N)=O)C(=O)N[C@H](C(=O)O)c1ccccc1. The molecule has 0 heterocycles. The van der Waals surface area contributed by atoms with Crippen LogP contribution in [0.4, 0.5) is 4.79 Å². The molecule has 0 bridgehead atoms. The summed E-state index contributed by atoms with van der Waals surface area (Å²) >= 11 is 0. The first kappa shape index (κ1) is 15.5. The van der Waals surface area contributed by atoms with Crippen molar-refractivity contribution in [1.82, 2.24) is 10.2 Å². The number of aliphatic carboxylic acids is 1. The van der Waals surface area contributed by atoms with Crippen molar-refractivity contribution in [3.8, 4) is 0 Å². The maximum atomic E-state index is 11.9. The van der Waals surface area contributed by atoms with Crippen molar-refractivity contribution in [2.75, 3.05) is 13.1 Å². The van der Waals surface area contributed by atoms with Gasteiger partial charge in [-0.15, -0.1) is 0 Å². The number of nitrogens with two attached hydrogens (primary N) is 1. The van der Waals surface area contributed by atoms with Gasteiger partial charge in [-0.05, 0) is 12.5 Å². The maximum Gasteiger partial charge on any atom is 0.330 e. The number of nitrogens with zero attached hydrogens (tertiary/aromatic N) is 1. The lowest BCUT2D eigenvalue weighted by atomic mass is 10.1. The third kappa shape index (κ3) is 4.27. The first-order valence-corrected chi connectivity index (χ1v) is 6.07. The number of benzene rings is 1. The van der Waals surface area contributed by atoms with Crippen LogP contribution in [0, 0.1) is 0 Å². The highest BCUT2D eigenvalue weighted by atomic mass is 16.4. The summed E-state index contributed by atoms with van der Waals surface area (Å²) < 4.78 is 0. The minimum atomic E-state index is -1.18. The molecule has 0 aliphatic heterocycles. The van der Waals surface area contributed by atoms with E-state index in [4.69, 9.17) is 5.73 Å². The van der Waals surface area contributed by atoms with E-state index in [1.54, 1.807) is 37.3 Å². The molecule has 1 atom stereocenters. The van der Waals surface area contributed by atoms with Gasteiger partial charge in [-0.3, -0.25) is 4.79 Å². The number of hydrogen-bond acceptors (Lipinski definition) is 3. The van der Waals surface area contributed by atoms with Gasteiger partial charge in [-0.1, -0.05) is 30.3 Å². The molecule has 7 nitrogen and oxygen atoms in total. The van der Waals surface area contributed by atoms with Crippen LogP contribution in [0.15, 0.2) is 30.3 Å². The Balaban J connectivity index is 2.83. The van der Waals surface area contributed by atoms with Crippen molar-refractivity contribution < 1.29 is 19.5 Å². The molecule has 1 rings (SSSR count). The van der Waals surface area contributed by atoms with E-state index in [0.717, 1.165) is 4.90 Å². The van der Waals surface area contributed by atoms with Gasteiger partial charge in [0.05, 0.1) is 0 Å². The summed E-state index contributed by atoms with van der Waals surface area (Å²) in [5, 5.41) is 11.6. The largest absolute Gasteiger partial charge is 0.479 e. The highest BCUT2D eigenvalue weighted by Crippen LogP contribution is 2.13. The number of carboxylic acid groups (broad SMARTS) is 1. The highest BCUT2D eigenvalue weighted by molar-refractivity contribution is 5.86. The molecule has 0 saturated carbocycles. The lowest BCUT2D eigenvalue weighted by molar-refractivity contribution is -0.139. The molecule has 20 heavy (non-hydrogen) atoms. The Labute approximate surface area is 116 Å². The summed E-state index contributed by atoms with van der Waals surface area (Å²) in [6, 6.07) is 6.48. The molecule has 7 heteroatoms. The quantitative estimate of drug-likeness (QED) is 0.696.